The smallest absolute Gasteiger partial charge is 0.328 e. The van der Waals surface area contributed by atoms with Crippen molar-refractivity contribution < 1.29 is 24.5 Å². The van der Waals surface area contributed by atoms with Crippen LogP contribution in [0, 0.1) is 0 Å². The first-order chi connectivity index (χ1) is 9.52. The van der Waals surface area contributed by atoms with Crippen molar-refractivity contribution >= 4 is 11.9 Å². The van der Waals surface area contributed by atoms with Crippen LogP contribution in [-0.4, -0.2) is 46.2 Å². The Kier molecular flexibility index (Phi) is 4.12. The molecule has 1 atom stereocenters. The van der Waals surface area contributed by atoms with E-state index >= 15 is 0 Å². The molecule has 0 saturated carbocycles. The minimum Gasteiger partial charge on any atom is -0.508 e. The lowest BCUT2D eigenvalue weighted by atomic mass is 10.1. The second kappa shape index (κ2) is 5.81. The Labute approximate surface area is 116 Å². The number of hydrogen-bond acceptors (Lipinski definition) is 5. The number of carbonyl (C=O) groups is 2. The molecule has 1 aromatic carbocycles. The van der Waals surface area contributed by atoms with Crippen LogP contribution in [0.2, 0.25) is 0 Å². The molecular weight excluding hydrogens is 262 g/mol. The molecule has 0 spiro atoms. The molecule has 1 fully saturated rings. The van der Waals surface area contributed by atoms with E-state index in [2.05, 4.69) is 0 Å². The van der Waals surface area contributed by atoms with Crippen LogP contribution in [0.5, 0.6) is 11.5 Å². The van der Waals surface area contributed by atoms with Crippen molar-refractivity contribution in [2.24, 2.45) is 0 Å². The number of aromatic hydroxyl groups is 2. The molecule has 2 N–H and O–H groups in total. The summed E-state index contributed by atoms with van der Waals surface area (Å²) < 4.78 is 4.96. The maximum absolute atomic E-state index is 12.4. The highest BCUT2D eigenvalue weighted by Crippen LogP contribution is 2.25. The zero-order valence-electron chi connectivity index (χ0n) is 11.2. The fraction of sp³-hybridized carbons (Fsp3) is 0.429. The summed E-state index contributed by atoms with van der Waals surface area (Å²) >= 11 is 0. The Balaban J connectivity index is 2.21. The average molecular weight is 279 g/mol. The summed E-state index contributed by atoms with van der Waals surface area (Å²) in [6, 6.07) is 3.08. The van der Waals surface area contributed by atoms with Gasteiger partial charge in [0.1, 0.15) is 17.5 Å². The number of benzene rings is 1. The van der Waals surface area contributed by atoms with Crippen molar-refractivity contribution in [2.45, 2.75) is 25.8 Å². The summed E-state index contributed by atoms with van der Waals surface area (Å²) in [6.07, 6.45) is 1.29. The minimum atomic E-state index is -0.591. The number of amides is 1. The molecule has 6 heteroatoms. The lowest BCUT2D eigenvalue weighted by Gasteiger charge is -2.23. The predicted molar refractivity (Wildman–Crippen MR) is 70.5 cm³/mol. The number of phenolic OH excluding ortho intramolecular Hbond substituents is 2. The highest BCUT2D eigenvalue weighted by molar-refractivity contribution is 5.97. The van der Waals surface area contributed by atoms with Gasteiger partial charge in [0.15, 0.2) is 0 Å². The summed E-state index contributed by atoms with van der Waals surface area (Å²) in [5.41, 5.74) is 0.152. The first-order valence-electron chi connectivity index (χ1n) is 6.53. The van der Waals surface area contributed by atoms with E-state index < -0.39 is 17.9 Å². The highest BCUT2D eigenvalue weighted by Gasteiger charge is 2.35. The first kappa shape index (κ1) is 14.2. The van der Waals surface area contributed by atoms with Crippen LogP contribution in [0.1, 0.15) is 30.1 Å². The average Bonchev–Trinajstić information content (AvgIpc) is 2.86. The molecule has 1 aliphatic heterocycles. The summed E-state index contributed by atoms with van der Waals surface area (Å²) in [6.45, 7) is 2.44. The van der Waals surface area contributed by atoms with Gasteiger partial charge in [-0.05, 0) is 31.9 Å². The van der Waals surface area contributed by atoms with Gasteiger partial charge >= 0.3 is 5.97 Å². The number of phenols is 2. The lowest BCUT2D eigenvalue weighted by molar-refractivity contribution is -0.147. The van der Waals surface area contributed by atoms with Gasteiger partial charge in [0.05, 0.1) is 6.61 Å². The normalized spacial score (nSPS) is 18.1. The minimum absolute atomic E-state index is 0.152. The van der Waals surface area contributed by atoms with E-state index in [-0.39, 0.29) is 23.7 Å². The standard InChI is InChI=1S/C14H17NO5/c1-2-20-14(19)12-4-3-5-15(12)13(18)9-6-10(16)8-11(17)7-9/h6-8,12,16-17H,2-5H2,1H3. The molecular formula is C14H17NO5. The highest BCUT2D eigenvalue weighted by atomic mass is 16.5. The third-order valence-corrected chi connectivity index (χ3v) is 3.22. The molecule has 1 unspecified atom stereocenters. The Bertz CT molecular complexity index is 508. The van der Waals surface area contributed by atoms with E-state index in [0.717, 1.165) is 12.5 Å². The van der Waals surface area contributed by atoms with Crippen molar-refractivity contribution in [2.75, 3.05) is 13.2 Å². The zero-order valence-corrected chi connectivity index (χ0v) is 11.2. The van der Waals surface area contributed by atoms with E-state index in [1.807, 2.05) is 0 Å². The van der Waals surface area contributed by atoms with E-state index in [1.54, 1.807) is 6.92 Å². The van der Waals surface area contributed by atoms with E-state index in [4.69, 9.17) is 4.74 Å². The first-order valence-corrected chi connectivity index (χ1v) is 6.53. The van der Waals surface area contributed by atoms with E-state index in [1.165, 1.54) is 17.0 Å². The molecule has 0 radical (unpaired) electrons. The maximum atomic E-state index is 12.4. The van der Waals surface area contributed by atoms with Gasteiger partial charge in [-0.1, -0.05) is 0 Å². The topological polar surface area (TPSA) is 87.1 Å². The molecule has 0 bridgehead atoms. The molecule has 2 rings (SSSR count). The van der Waals surface area contributed by atoms with E-state index in [0.29, 0.717) is 13.0 Å². The molecule has 20 heavy (non-hydrogen) atoms. The summed E-state index contributed by atoms with van der Waals surface area (Å²) in [4.78, 5) is 25.6. The van der Waals surface area contributed by atoms with E-state index in [9.17, 15) is 19.8 Å². The van der Waals surface area contributed by atoms with Crippen LogP contribution in [-0.2, 0) is 9.53 Å². The van der Waals surface area contributed by atoms with Gasteiger partial charge in [-0.15, -0.1) is 0 Å². The van der Waals surface area contributed by atoms with Crippen molar-refractivity contribution in [3.63, 3.8) is 0 Å². The third-order valence-electron chi connectivity index (χ3n) is 3.22. The van der Waals surface area contributed by atoms with Gasteiger partial charge in [0.2, 0.25) is 0 Å². The lowest BCUT2D eigenvalue weighted by Crippen LogP contribution is -2.41. The number of nitrogens with zero attached hydrogens (tertiary/aromatic N) is 1. The number of hydrogen-bond donors (Lipinski definition) is 2. The number of carbonyl (C=O) groups excluding carboxylic acids is 2. The van der Waals surface area contributed by atoms with Crippen LogP contribution in [0.15, 0.2) is 18.2 Å². The summed E-state index contributed by atoms with van der Waals surface area (Å²) in [5.74, 6) is -1.20. The second-order valence-corrected chi connectivity index (χ2v) is 4.65. The second-order valence-electron chi connectivity index (χ2n) is 4.65. The fourth-order valence-electron chi connectivity index (χ4n) is 2.38. The van der Waals surface area contributed by atoms with Gasteiger partial charge in [-0.3, -0.25) is 4.79 Å². The molecule has 1 saturated heterocycles. The van der Waals surface area contributed by atoms with Gasteiger partial charge in [0.25, 0.3) is 5.91 Å². The molecule has 108 valence electrons. The van der Waals surface area contributed by atoms with Gasteiger partial charge in [-0.25, -0.2) is 4.79 Å². The van der Waals surface area contributed by atoms with Crippen LogP contribution in [0.25, 0.3) is 0 Å². The monoisotopic (exact) mass is 279 g/mol. The molecule has 0 aliphatic carbocycles. The van der Waals surface area contributed by atoms with Gasteiger partial charge in [0, 0.05) is 18.2 Å². The molecule has 6 nitrogen and oxygen atoms in total. The number of likely N-dealkylation sites (tertiary alicyclic amines) is 1. The Hall–Kier alpha value is -2.24. The van der Waals surface area contributed by atoms with Crippen molar-refractivity contribution in [3.8, 4) is 11.5 Å². The molecule has 1 aromatic rings. The van der Waals surface area contributed by atoms with Crippen molar-refractivity contribution in [1.29, 1.82) is 0 Å². The quantitative estimate of drug-likeness (QED) is 0.813. The van der Waals surface area contributed by atoms with Crippen molar-refractivity contribution in [3.05, 3.63) is 23.8 Å². The van der Waals surface area contributed by atoms with Gasteiger partial charge < -0.3 is 19.8 Å². The predicted octanol–water partition coefficient (Wildman–Crippen LogP) is 1.27. The maximum Gasteiger partial charge on any atom is 0.328 e. The Morgan fingerprint density at radius 3 is 2.55 bits per heavy atom. The SMILES string of the molecule is CCOC(=O)C1CCCN1C(=O)c1cc(O)cc(O)c1. The number of rotatable bonds is 3. The molecule has 1 amide bonds. The van der Waals surface area contributed by atoms with Crippen LogP contribution in [0.3, 0.4) is 0 Å². The molecule has 1 aliphatic rings. The summed E-state index contributed by atoms with van der Waals surface area (Å²) in [7, 11) is 0. The Morgan fingerprint density at radius 1 is 1.30 bits per heavy atom. The van der Waals surface area contributed by atoms with Crippen LogP contribution < -0.4 is 0 Å². The molecule has 0 aromatic heterocycles. The largest absolute Gasteiger partial charge is 0.508 e. The Morgan fingerprint density at radius 2 is 1.95 bits per heavy atom. The van der Waals surface area contributed by atoms with Crippen LogP contribution >= 0.6 is 0 Å². The summed E-state index contributed by atoms with van der Waals surface area (Å²) in [5, 5.41) is 18.8. The zero-order chi connectivity index (χ0) is 14.7. The van der Waals surface area contributed by atoms with Crippen LogP contribution in [0.4, 0.5) is 0 Å². The molecule has 1 heterocycles. The number of ether oxygens (including phenoxy) is 1. The fourth-order valence-corrected chi connectivity index (χ4v) is 2.38. The van der Waals surface area contributed by atoms with Gasteiger partial charge in [-0.2, -0.15) is 0 Å². The third kappa shape index (κ3) is 2.84. The van der Waals surface area contributed by atoms with Crippen molar-refractivity contribution in [1.82, 2.24) is 4.90 Å². The number of esters is 1.